The molecule has 2 amide bonds. The number of phenols is 1. The average Bonchev–Trinajstić information content (AvgIpc) is 2.72. The number of amides is 2. The van der Waals surface area contributed by atoms with Crippen molar-refractivity contribution in [1.82, 2.24) is 4.90 Å². The van der Waals surface area contributed by atoms with Crippen LogP contribution in [0.25, 0.3) is 6.08 Å². The predicted molar refractivity (Wildman–Crippen MR) is 92.3 cm³/mol. The van der Waals surface area contributed by atoms with Crippen molar-refractivity contribution in [3.63, 3.8) is 0 Å². The summed E-state index contributed by atoms with van der Waals surface area (Å²) in [6, 6.07) is 3.18. The van der Waals surface area contributed by atoms with Crippen molar-refractivity contribution in [1.29, 1.82) is 0 Å². The molecule has 0 atom stereocenters. The van der Waals surface area contributed by atoms with Crippen molar-refractivity contribution in [2.45, 2.75) is 6.92 Å². The molecule has 0 unspecified atom stereocenters. The zero-order valence-corrected chi connectivity index (χ0v) is 14.9. The minimum absolute atomic E-state index is 0.00332. The summed E-state index contributed by atoms with van der Waals surface area (Å²) < 4.78 is 5.85. The quantitative estimate of drug-likeness (QED) is 0.526. The molecule has 1 saturated heterocycles. The number of halogens is 1. The number of carbonyl (C=O) groups excluding carboxylic acids is 2. The molecule has 1 aromatic rings. The molecule has 1 aliphatic rings. The van der Waals surface area contributed by atoms with Crippen LogP contribution in [0.15, 0.2) is 17.0 Å². The summed E-state index contributed by atoms with van der Waals surface area (Å²) in [5.41, 5.74) is 0.566. The highest BCUT2D eigenvalue weighted by Gasteiger charge is 2.36. The molecule has 2 N–H and O–H groups in total. The predicted octanol–water partition coefficient (Wildman–Crippen LogP) is 2.52. The molecule has 0 saturated carbocycles. The minimum atomic E-state index is -1.26. The molecule has 7 nitrogen and oxygen atoms in total. The second-order valence-electron chi connectivity index (χ2n) is 4.44. The maximum absolute atomic E-state index is 12.1. The van der Waals surface area contributed by atoms with Gasteiger partial charge in [-0.05, 0) is 65.0 Å². The van der Waals surface area contributed by atoms with Crippen molar-refractivity contribution in [3.05, 3.63) is 26.2 Å². The number of hydrogen-bond acceptors (Lipinski definition) is 6. The van der Waals surface area contributed by atoms with Crippen LogP contribution in [0.3, 0.4) is 0 Å². The van der Waals surface area contributed by atoms with Gasteiger partial charge in [0.1, 0.15) is 6.54 Å². The van der Waals surface area contributed by atoms with Gasteiger partial charge in [0, 0.05) is 0 Å². The van der Waals surface area contributed by atoms with Crippen molar-refractivity contribution >= 4 is 57.5 Å². The van der Waals surface area contributed by atoms with E-state index in [-0.39, 0.29) is 16.4 Å². The van der Waals surface area contributed by atoms with E-state index in [1.165, 1.54) is 6.08 Å². The number of rotatable bonds is 5. The molecule has 23 heavy (non-hydrogen) atoms. The Labute approximate surface area is 149 Å². The van der Waals surface area contributed by atoms with E-state index in [9.17, 15) is 19.5 Å². The number of hydrogen-bond donors (Lipinski definition) is 2. The Morgan fingerprint density at radius 1 is 1.43 bits per heavy atom. The van der Waals surface area contributed by atoms with E-state index in [0.29, 0.717) is 32.4 Å². The number of nitrogens with zero attached hydrogens (tertiary/aromatic N) is 1. The van der Waals surface area contributed by atoms with Crippen molar-refractivity contribution in [2.75, 3.05) is 13.2 Å². The number of imide groups is 1. The number of carbonyl (C=O) groups is 3. The standard InChI is InChI=1S/C14H12INO6S/c1-2-22-9-4-7(3-8(15)12(9)19)5-10-13(20)16(6-11(17)18)14(21)23-10/h3-5,19H,2,6H2,1H3,(H,17,18)/b10-5+. The molecule has 1 aromatic carbocycles. The van der Waals surface area contributed by atoms with Crippen molar-refractivity contribution < 1.29 is 29.3 Å². The first-order chi connectivity index (χ1) is 10.8. The summed E-state index contributed by atoms with van der Waals surface area (Å²) >= 11 is 2.60. The molecule has 0 spiro atoms. The minimum Gasteiger partial charge on any atom is -0.504 e. The lowest BCUT2D eigenvalue weighted by atomic mass is 10.2. The summed E-state index contributed by atoms with van der Waals surface area (Å²) in [7, 11) is 0. The van der Waals surface area contributed by atoms with Crippen LogP contribution < -0.4 is 4.74 Å². The van der Waals surface area contributed by atoms with Crippen molar-refractivity contribution in [3.8, 4) is 11.5 Å². The molecule has 1 heterocycles. The fourth-order valence-electron chi connectivity index (χ4n) is 1.87. The number of aliphatic carboxylic acids is 1. The SMILES string of the molecule is CCOc1cc(/C=C2/SC(=O)N(CC(=O)O)C2=O)cc(I)c1O. The van der Waals surface area contributed by atoms with Crippen molar-refractivity contribution in [2.24, 2.45) is 0 Å². The Kier molecular flexibility index (Phi) is 5.52. The summed E-state index contributed by atoms with van der Waals surface area (Å²) in [5, 5.41) is 18.0. The van der Waals surface area contributed by atoms with Crippen LogP contribution in [0, 0.1) is 3.57 Å². The fourth-order valence-corrected chi connectivity index (χ4v) is 3.33. The molecule has 0 radical (unpaired) electrons. The molecule has 0 aliphatic carbocycles. The summed E-state index contributed by atoms with van der Waals surface area (Å²) in [6.45, 7) is 1.47. The van der Waals surface area contributed by atoms with Gasteiger partial charge in [0.25, 0.3) is 11.1 Å². The first kappa shape index (κ1) is 17.6. The first-order valence-electron chi connectivity index (χ1n) is 6.46. The highest BCUT2D eigenvalue weighted by molar-refractivity contribution is 14.1. The van der Waals surface area contributed by atoms with E-state index < -0.39 is 23.7 Å². The number of phenolic OH excluding ortho intramolecular Hbond substituents is 1. The Bertz CT molecular complexity index is 717. The monoisotopic (exact) mass is 449 g/mol. The number of aromatic hydroxyl groups is 1. The maximum atomic E-state index is 12.1. The highest BCUT2D eigenvalue weighted by Crippen LogP contribution is 2.36. The van der Waals surface area contributed by atoms with Gasteiger partial charge in [-0.1, -0.05) is 0 Å². The van der Waals surface area contributed by atoms with E-state index in [2.05, 4.69) is 0 Å². The largest absolute Gasteiger partial charge is 0.504 e. The molecule has 2 rings (SSSR count). The zero-order chi connectivity index (χ0) is 17.1. The van der Waals surface area contributed by atoms with Gasteiger partial charge in [0.15, 0.2) is 11.5 Å². The van der Waals surface area contributed by atoms with E-state index in [1.807, 2.05) is 22.6 Å². The normalized spacial score (nSPS) is 16.3. The highest BCUT2D eigenvalue weighted by atomic mass is 127. The van der Waals surface area contributed by atoms with Gasteiger partial charge in [0.2, 0.25) is 0 Å². The molecule has 0 bridgehead atoms. The first-order valence-corrected chi connectivity index (χ1v) is 8.35. The third-order valence-corrected chi connectivity index (χ3v) is 4.55. The lowest BCUT2D eigenvalue weighted by Crippen LogP contribution is -2.33. The molecule has 1 fully saturated rings. The summed E-state index contributed by atoms with van der Waals surface area (Å²) in [4.78, 5) is 35.3. The Morgan fingerprint density at radius 2 is 2.13 bits per heavy atom. The number of benzene rings is 1. The van der Waals surface area contributed by atoms with Crippen LogP contribution in [-0.4, -0.2) is 45.4 Å². The van der Waals surface area contributed by atoms with Crippen LogP contribution in [0.4, 0.5) is 4.79 Å². The topological polar surface area (TPSA) is 104 Å². The van der Waals surface area contributed by atoms with E-state index in [1.54, 1.807) is 19.1 Å². The lowest BCUT2D eigenvalue weighted by molar-refractivity contribution is -0.140. The molecule has 9 heteroatoms. The van der Waals surface area contributed by atoms with Crippen LogP contribution in [0.1, 0.15) is 12.5 Å². The second-order valence-corrected chi connectivity index (χ2v) is 6.60. The number of ether oxygens (including phenoxy) is 1. The Hall–Kier alpha value is -1.75. The zero-order valence-electron chi connectivity index (χ0n) is 11.9. The van der Waals surface area contributed by atoms with E-state index >= 15 is 0 Å². The van der Waals surface area contributed by atoms with Gasteiger partial charge in [-0.15, -0.1) is 0 Å². The molecular formula is C14H12INO6S. The van der Waals surface area contributed by atoms with Gasteiger partial charge in [-0.2, -0.15) is 0 Å². The number of carboxylic acids is 1. The third kappa shape index (κ3) is 3.96. The van der Waals surface area contributed by atoms with Crippen LogP contribution in [0.5, 0.6) is 11.5 Å². The third-order valence-electron chi connectivity index (χ3n) is 2.82. The molecule has 1 aliphatic heterocycles. The fraction of sp³-hybridized carbons (Fsp3) is 0.214. The summed E-state index contributed by atoms with van der Waals surface area (Å²) in [6.07, 6.45) is 1.47. The lowest BCUT2D eigenvalue weighted by Gasteiger charge is -2.09. The average molecular weight is 449 g/mol. The smallest absolute Gasteiger partial charge is 0.323 e. The maximum Gasteiger partial charge on any atom is 0.323 e. The van der Waals surface area contributed by atoms with Crippen LogP contribution in [0.2, 0.25) is 0 Å². The number of carboxylic acid groups (broad SMARTS) is 1. The van der Waals surface area contributed by atoms with Gasteiger partial charge in [0.05, 0.1) is 15.1 Å². The van der Waals surface area contributed by atoms with Gasteiger partial charge in [-0.3, -0.25) is 19.3 Å². The van der Waals surface area contributed by atoms with Gasteiger partial charge in [-0.25, -0.2) is 0 Å². The Morgan fingerprint density at radius 3 is 2.74 bits per heavy atom. The number of thioether (sulfide) groups is 1. The summed E-state index contributed by atoms with van der Waals surface area (Å²) in [5.74, 6) is -1.63. The molecular weight excluding hydrogens is 437 g/mol. The van der Waals surface area contributed by atoms with Gasteiger partial charge >= 0.3 is 5.97 Å². The van der Waals surface area contributed by atoms with Crippen LogP contribution >= 0.6 is 34.4 Å². The van der Waals surface area contributed by atoms with Gasteiger partial charge < -0.3 is 14.9 Å². The second kappa shape index (κ2) is 7.21. The van der Waals surface area contributed by atoms with Crippen LogP contribution in [-0.2, 0) is 9.59 Å². The van der Waals surface area contributed by atoms with E-state index in [0.717, 1.165) is 0 Å². The Balaban J connectivity index is 2.34. The molecule has 0 aromatic heterocycles. The van der Waals surface area contributed by atoms with E-state index in [4.69, 9.17) is 9.84 Å². The molecule has 122 valence electrons.